The zero-order chi connectivity index (χ0) is 67.9. The van der Waals surface area contributed by atoms with E-state index in [0.717, 1.165) is 108 Å². The van der Waals surface area contributed by atoms with E-state index in [-0.39, 0.29) is 25.7 Å². The number of aliphatic hydroxyl groups is 1. The molecule has 0 saturated carbocycles. The van der Waals surface area contributed by atoms with Crippen LogP contribution in [-0.4, -0.2) is 96.7 Å². The molecule has 0 aromatic rings. The van der Waals surface area contributed by atoms with Gasteiger partial charge in [-0.25, -0.2) is 9.13 Å². The number of hydrogen-bond acceptors (Lipinski definition) is 15. The monoisotopic (exact) mass is 1350 g/mol. The minimum atomic E-state index is -4.95. The van der Waals surface area contributed by atoms with Crippen LogP contribution in [0.15, 0.2) is 0 Å². The molecule has 0 fully saturated rings. The number of ether oxygens (including phenoxy) is 4. The van der Waals surface area contributed by atoms with Crippen molar-refractivity contribution in [3.8, 4) is 0 Å². The molecule has 17 nitrogen and oxygen atoms in total. The van der Waals surface area contributed by atoms with Crippen molar-refractivity contribution in [2.24, 2.45) is 11.8 Å². The number of carbonyl (C=O) groups is 4. The van der Waals surface area contributed by atoms with Gasteiger partial charge in [-0.15, -0.1) is 0 Å². The number of rotatable bonds is 72. The smallest absolute Gasteiger partial charge is 0.462 e. The van der Waals surface area contributed by atoms with Crippen molar-refractivity contribution >= 4 is 39.5 Å². The molecular formula is C73H142O17P2. The Labute approximate surface area is 562 Å². The summed E-state index contributed by atoms with van der Waals surface area (Å²) < 4.78 is 68.2. The fourth-order valence-electron chi connectivity index (χ4n) is 11.1. The standard InChI is InChI=1S/C73H142O17P2/c1-7-9-11-13-14-15-16-17-18-19-20-21-22-27-30-33-39-45-51-57-72(77)90-69(62-84-71(76)56-50-44-38-32-29-26-24-23-25-28-31-36-42-47-53-65(3)4)64-88-92(81,82)86-60-67(74)59-85-91(79,80)87-63-68(61-83-70(75)55-49-41-12-10-8-2)89-73(78)58-52-46-40-35-34-37-43-48-54-66(5)6/h65-69,74H,7-64H2,1-6H3,(H,79,80)(H,81,82)/t67-,68+,69+/m0/s1. The van der Waals surface area contributed by atoms with E-state index in [9.17, 15) is 43.2 Å². The van der Waals surface area contributed by atoms with Crippen molar-refractivity contribution in [3.05, 3.63) is 0 Å². The van der Waals surface area contributed by atoms with Crippen LogP contribution in [0, 0.1) is 11.8 Å². The van der Waals surface area contributed by atoms with Gasteiger partial charge >= 0.3 is 39.5 Å². The Balaban J connectivity index is 5.14. The molecule has 0 heterocycles. The Hall–Kier alpha value is -1.94. The maximum absolute atomic E-state index is 13.1. The minimum Gasteiger partial charge on any atom is -0.462 e. The van der Waals surface area contributed by atoms with Gasteiger partial charge in [-0.2, -0.15) is 0 Å². The maximum atomic E-state index is 13.1. The van der Waals surface area contributed by atoms with Crippen LogP contribution in [0.3, 0.4) is 0 Å². The Kier molecular flexibility index (Phi) is 63.7. The Morgan fingerprint density at radius 1 is 0.293 bits per heavy atom. The predicted molar refractivity (Wildman–Crippen MR) is 372 cm³/mol. The first-order valence-corrected chi connectivity index (χ1v) is 41.0. The number of carbonyl (C=O) groups excluding carboxylic acids is 4. The van der Waals surface area contributed by atoms with Crippen LogP contribution in [0.5, 0.6) is 0 Å². The molecule has 0 aromatic heterocycles. The molecule has 0 spiro atoms. The molecule has 546 valence electrons. The summed E-state index contributed by atoms with van der Waals surface area (Å²) in [6.45, 7) is 9.46. The molecule has 0 aliphatic carbocycles. The van der Waals surface area contributed by atoms with Crippen molar-refractivity contribution in [3.63, 3.8) is 0 Å². The summed E-state index contributed by atoms with van der Waals surface area (Å²) in [5.41, 5.74) is 0. The lowest BCUT2D eigenvalue weighted by molar-refractivity contribution is -0.161. The molecule has 5 atom stereocenters. The van der Waals surface area contributed by atoms with E-state index in [1.165, 1.54) is 186 Å². The van der Waals surface area contributed by atoms with Crippen molar-refractivity contribution < 1.29 is 80.2 Å². The highest BCUT2D eigenvalue weighted by Gasteiger charge is 2.30. The third-order valence-corrected chi connectivity index (χ3v) is 18.9. The van der Waals surface area contributed by atoms with Gasteiger partial charge in [-0.3, -0.25) is 37.3 Å². The van der Waals surface area contributed by atoms with Crippen LogP contribution < -0.4 is 0 Å². The van der Waals surface area contributed by atoms with Crippen LogP contribution in [0.4, 0.5) is 0 Å². The van der Waals surface area contributed by atoms with Gasteiger partial charge in [0.2, 0.25) is 0 Å². The molecule has 3 N–H and O–H groups in total. The first-order chi connectivity index (χ1) is 44.4. The van der Waals surface area contributed by atoms with Crippen molar-refractivity contribution in [1.82, 2.24) is 0 Å². The molecule has 0 bridgehead atoms. The van der Waals surface area contributed by atoms with E-state index in [0.29, 0.717) is 25.7 Å². The summed E-state index contributed by atoms with van der Waals surface area (Å²) in [5.74, 6) is -0.615. The van der Waals surface area contributed by atoms with Crippen LogP contribution in [0.25, 0.3) is 0 Å². The molecule has 2 unspecified atom stereocenters. The van der Waals surface area contributed by atoms with Gasteiger partial charge in [-0.05, 0) is 37.5 Å². The average Bonchev–Trinajstić information content (AvgIpc) is 2.88. The number of phosphoric acid groups is 2. The van der Waals surface area contributed by atoms with Crippen LogP contribution in [0.1, 0.15) is 375 Å². The molecular weight excluding hydrogens is 1210 g/mol. The molecule has 0 aliphatic rings. The molecule has 0 aliphatic heterocycles. The fraction of sp³-hybridized carbons (Fsp3) is 0.945. The number of hydrogen-bond donors (Lipinski definition) is 3. The van der Waals surface area contributed by atoms with Gasteiger partial charge in [0.1, 0.15) is 19.3 Å². The van der Waals surface area contributed by atoms with Gasteiger partial charge in [0.05, 0.1) is 26.4 Å². The highest BCUT2D eigenvalue weighted by atomic mass is 31.2. The number of unbranched alkanes of at least 4 members (excludes halogenated alkanes) is 42. The van der Waals surface area contributed by atoms with E-state index >= 15 is 0 Å². The van der Waals surface area contributed by atoms with Crippen molar-refractivity contribution in [2.45, 2.75) is 394 Å². The Morgan fingerprint density at radius 3 is 0.739 bits per heavy atom. The first kappa shape index (κ1) is 90.1. The van der Waals surface area contributed by atoms with Gasteiger partial charge in [-0.1, -0.05) is 324 Å². The zero-order valence-electron chi connectivity index (χ0n) is 59.9. The van der Waals surface area contributed by atoms with E-state index < -0.39 is 97.5 Å². The van der Waals surface area contributed by atoms with E-state index in [4.69, 9.17) is 37.0 Å². The summed E-state index contributed by atoms with van der Waals surface area (Å²) >= 11 is 0. The van der Waals surface area contributed by atoms with Crippen LogP contribution in [0.2, 0.25) is 0 Å². The second kappa shape index (κ2) is 65.0. The second-order valence-corrected chi connectivity index (χ2v) is 30.2. The summed E-state index contributed by atoms with van der Waals surface area (Å²) in [4.78, 5) is 72.4. The molecule has 92 heavy (non-hydrogen) atoms. The normalized spacial score (nSPS) is 14.1. The van der Waals surface area contributed by atoms with E-state index in [2.05, 4.69) is 41.5 Å². The van der Waals surface area contributed by atoms with Crippen LogP contribution >= 0.6 is 15.6 Å². The van der Waals surface area contributed by atoms with E-state index in [1.807, 2.05) is 0 Å². The molecule has 0 aromatic carbocycles. The lowest BCUT2D eigenvalue weighted by Crippen LogP contribution is -2.30. The summed E-state index contributed by atoms with van der Waals surface area (Å²) in [6, 6.07) is 0. The van der Waals surface area contributed by atoms with Gasteiger partial charge in [0, 0.05) is 25.7 Å². The quantitative estimate of drug-likeness (QED) is 0.0222. The van der Waals surface area contributed by atoms with Gasteiger partial charge in [0.15, 0.2) is 12.2 Å². The molecule has 0 amide bonds. The lowest BCUT2D eigenvalue weighted by Gasteiger charge is -2.21. The largest absolute Gasteiger partial charge is 0.472 e. The third-order valence-electron chi connectivity index (χ3n) is 17.0. The van der Waals surface area contributed by atoms with Crippen molar-refractivity contribution in [1.29, 1.82) is 0 Å². The zero-order valence-corrected chi connectivity index (χ0v) is 61.6. The van der Waals surface area contributed by atoms with Gasteiger partial charge in [0.25, 0.3) is 0 Å². The predicted octanol–water partition coefficient (Wildman–Crippen LogP) is 21.2. The molecule has 0 rings (SSSR count). The first-order valence-electron chi connectivity index (χ1n) is 38.0. The van der Waals surface area contributed by atoms with Gasteiger partial charge < -0.3 is 33.8 Å². The second-order valence-electron chi connectivity index (χ2n) is 27.3. The Morgan fingerprint density at radius 2 is 0.500 bits per heavy atom. The highest BCUT2D eigenvalue weighted by Crippen LogP contribution is 2.45. The van der Waals surface area contributed by atoms with Crippen LogP contribution in [-0.2, 0) is 65.4 Å². The summed E-state index contributed by atoms with van der Waals surface area (Å²) in [7, 11) is -9.89. The average molecular weight is 1350 g/mol. The minimum absolute atomic E-state index is 0.104. The number of aliphatic hydroxyl groups excluding tert-OH is 1. The molecule has 0 saturated heterocycles. The SMILES string of the molecule is CCCCCCCCCCCCCCCCCCCCCC(=O)O[C@H](COC(=O)CCCCCCCCCCCCCCCCC(C)C)COP(=O)(O)OC[C@@H](O)COP(=O)(O)OC[C@@H](COC(=O)CCCCCCC)OC(=O)CCCCCCCCCCC(C)C. The highest BCUT2D eigenvalue weighted by molar-refractivity contribution is 7.47. The topological polar surface area (TPSA) is 237 Å². The maximum Gasteiger partial charge on any atom is 0.472 e. The summed E-state index contributed by atoms with van der Waals surface area (Å²) in [5, 5.41) is 10.6. The van der Waals surface area contributed by atoms with E-state index in [1.54, 1.807) is 0 Å². The molecule has 19 heteroatoms. The Bertz CT molecular complexity index is 1790. The van der Waals surface area contributed by atoms with Crippen molar-refractivity contribution in [2.75, 3.05) is 39.6 Å². The lowest BCUT2D eigenvalue weighted by atomic mass is 10.0. The third kappa shape index (κ3) is 66.7. The number of phosphoric ester groups is 2. The number of esters is 4. The molecule has 0 radical (unpaired) electrons. The summed E-state index contributed by atoms with van der Waals surface area (Å²) in [6.07, 6.45) is 51.9. The fourth-order valence-corrected chi connectivity index (χ4v) is 12.7.